The van der Waals surface area contributed by atoms with Crippen molar-refractivity contribution >= 4 is 11.9 Å². The Balaban J connectivity index is 1.77. The van der Waals surface area contributed by atoms with E-state index in [9.17, 15) is 9.59 Å². The van der Waals surface area contributed by atoms with Gasteiger partial charge in [-0.25, -0.2) is 0 Å². The fourth-order valence-corrected chi connectivity index (χ4v) is 5.13. The van der Waals surface area contributed by atoms with Gasteiger partial charge in [-0.1, -0.05) is 26.0 Å². The zero-order valence-corrected chi connectivity index (χ0v) is 19.5. The fourth-order valence-electron chi connectivity index (χ4n) is 5.13. The Hall–Kier alpha value is -2.28. The average molecular weight is 433 g/mol. The number of likely N-dealkylation sites (tertiary alicyclic amines) is 2. The summed E-state index contributed by atoms with van der Waals surface area (Å²) in [5.41, 5.74) is 0.634. The number of benzene rings is 1. The maximum Gasteiger partial charge on any atom is 0.311 e. The predicted octanol–water partition coefficient (Wildman–Crippen LogP) is 3.11. The van der Waals surface area contributed by atoms with E-state index in [4.69, 9.17) is 14.2 Å². The Morgan fingerprint density at radius 3 is 2.45 bits per heavy atom. The number of hydrogen-bond donors (Lipinski definition) is 0. The number of rotatable bonds is 8. The van der Waals surface area contributed by atoms with Gasteiger partial charge in [0, 0.05) is 38.2 Å². The molecule has 1 aromatic rings. The van der Waals surface area contributed by atoms with Gasteiger partial charge in [0.15, 0.2) is 11.5 Å². The van der Waals surface area contributed by atoms with Gasteiger partial charge in [0.2, 0.25) is 5.91 Å². The Labute approximate surface area is 185 Å². The lowest BCUT2D eigenvalue weighted by Gasteiger charge is -2.47. The second-order valence-corrected chi connectivity index (χ2v) is 9.04. The molecule has 1 spiro atoms. The molecule has 7 heteroatoms. The molecular weight excluding hydrogens is 396 g/mol. The molecule has 0 N–H and O–H groups in total. The summed E-state index contributed by atoms with van der Waals surface area (Å²) in [6.45, 7) is 7.37. The molecule has 1 aromatic carbocycles. The van der Waals surface area contributed by atoms with Crippen molar-refractivity contribution in [3.05, 3.63) is 23.8 Å². The molecule has 7 nitrogen and oxygen atoms in total. The van der Waals surface area contributed by atoms with E-state index in [1.54, 1.807) is 14.2 Å². The molecule has 2 fully saturated rings. The van der Waals surface area contributed by atoms with Gasteiger partial charge in [-0.05, 0) is 31.2 Å². The fraction of sp³-hybridized carbons (Fsp3) is 0.667. The number of hydrogen-bond acceptors (Lipinski definition) is 6. The van der Waals surface area contributed by atoms with Gasteiger partial charge >= 0.3 is 5.97 Å². The zero-order chi connectivity index (χ0) is 22.6. The van der Waals surface area contributed by atoms with E-state index in [1.165, 1.54) is 7.11 Å². The van der Waals surface area contributed by atoms with Crippen molar-refractivity contribution in [1.29, 1.82) is 0 Å². The molecule has 31 heavy (non-hydrogen) atoms. The number of carbonyl (C=O) groups excluding carboxylic acids is 2. The van der Waals surface area contributed by atoms with Crippen LogP contribution in [0.25, 0.3) is 0 Å². The summed E-state index contributed by atoms with van der Waals surface area (Å²) < 4.78 is 16.1. The van der Waals surface area contributed by atoms with Crippen molar-refractivity contribution in [2.45, 2.75) is 51.6 Å². The highest BCUT2D eigenvalue weighted by atomic mass is 16.5. The van der Waals surface area contributed by atoms with Crippen LogP contribution in [0, 0.1) is 11.8 Å². The number of methoxy groups -OCH3 is 3. The Bertz CT molecular complexity index is 786. The van der Waals surface area contributed by atoms with Gasteiger partial charge in [0.05, 0.1) is 32.8 Å². The molecule has 2 heterocycles. The summed E-state index contributed by atoms with van der Waals surface area (Å²) >= 11 is 0. The van der Waals surface area contributed by atoms with E-state index < -0.39 is 5.54 Å². The summed E-state index contributed by atoms with van der Waals surface area (Å²) in [6.07, 6.45) is 2.73. The van der Waals surface area contributed by atoms with Gasteiger partial charge in [-0.15, -0.1) is 0 Å². The quantitative estimate of drug-likeness (QED) is 0.588. The predicted molar refractivity (Wildman–Crippen MR) is 118 cm³/mol. The lowest BCUT2D eigenvalue weighted by Crippen LogP contribution is -2.57. The van der Waals surface area contributed by atoms with Crippen LogP contribution in [0.1, 0.15) is 45.1 Å². The van der Waals surface area contributed by atoms with E-state index in [1.807, 2.05) is 17.0 Å². The molecule has 172 valence electrons. The van der Waals surface area contributed by atoms with Crippen LogP contribution in [0.3, 0.4) is 0 Å². The van der Waals surface area contributed by atoms with Crippen molar-refractivity contribution in [3.63, 3.8) is 0 Å². The minimum Gasteiger partial charge on any atom is -0.493 e. The summed E-state index contributed by atoms with van der Waals surface area (Å²) in [4.78, 5) is 29.8. The lowest BCUT2D eigenvalue weighted by molar-refractivity contribution is -0.150. The van der Waals surface area contributed by atoms with Crippen molar-refractivity contribution in [2.24, 2.45) is 11.8 Å². The van der Waals surface area contributed by atoms with E-state index >= 15 is 0 Å². The first kappa shape index (κ1) is 23.4. The smallest absolute Gasteiger partial charge is 0.311 e. The molecule has 2 aliphatic heterocycles. The Kier molecular flexibility index (Phi) is 7.46. The van der Waals surface area contributed by atoms with Crippen LogP contribution in [0.15, 0.2) is 18.2 Å². The molecule has 0 bridgehead atoms. The second kappa shape index (κ2) is 9.90. The topological polar surface area (TPSA) is 68.3 Å². The summed E-state index contributed by atoms with van der Waals surface area (Å²) in [6, 6.07) is 5.92. The summed E-state index contributed by atoms with van der Waals surface area (Å²) in [5, 5.41) is 0. The SMILES string of the molecule is COC(=O)C1CC(=O)N(CCC(C)C)C12CCN(Cc1cccc(OC)c1OC)CC2. The molecule has 0 radical (unpaired) electrons. The van der Waals surface area contributed by atoms with Gasteiger partial charge < -0.3 is 19.1 Å². The normalized spacial score (nSPS) is 21.0. The van der Waals surface area contributed by atoms with Gasteiger partial charge in [0.1, 0.15) is 0 Å². The lowest BCUT2D eigenvalue weighted by atomic mass is 9.76. The molecule has 3 rings (SSSR count). The molecular formula is C24H36N2O5. The third-order valence-corrected chi connectivity index (χ3v) is 6.88. The van der Waals surface area contributed by atoms with Crippen LogP contribution in [0.5, 0.6) is 11.5 Å². The first-order valence-electron chi connectivity index (χ1n) is 11.2. The van der Waals surface area contributed by atoms with Crippen molar-refractivity contribution < 1.29 is 23.8 Å². The molecule has 1 amide bonds. The first-order chi connectivity index (χ1) is 14.9. The number of ether oxygens (including phenoxy) is 3. The Morgan fingerprint density at radius 1 is 1.16 bits per heavy atom. The van der Waals surface area contributed by atoms with Gasteiger partial charge in [-0.3, -0.25) is 14.5 Å². The number of piperidine rings is 1. The van der Waals surface area contributed by atoms with Crippen molar-refractivity contribution in [3.8, 4) is 11.5 Å². The van der Waals surface area contributed by atoms with Crippen LogP contribution in [0.2, 0.25) is 0 Å². The van der Waals surface area contributed by atoms with Crippen molar-refractivity contribution in [2.75, 3.05) is 41.0 Å². The summed E-state index contributed by atoms with van der Waals surface area (Å²) in [7, 11) is 4.72. The van der Waals surface area contributed by atoms with Gasteiger partial charge in [-0.2, -0.15) is 0 Å². The maximum atomic E-state index is 12.9. The largest absolute Gasteiger partial charge is 0.493 e. The molecule has 2 aliphatic rings. The summed E-state index contributed by atoms with van der Waals surface area (Å²) in [5.74, 6) is 1.42. The molecule has 1 atom stereocenters. The van der Waals surface area contributed by atoms with E-state index in [-0.39, 0.29) is 24.2 Å². The monoisotopic (exact) mass is 432 g/mol. The third kappa shape index (κ3) is 4.66. The number of amides is 1. The van der Waals surface area contributed by atoms with E-state index in [0.29, 0.717) is 12.5 Å². The average Bonchev–Trinajstić information content (AvgIpc) is 3.03. The molecule has 0 saturated carbocycles. The van der Waals surface area contributed by atoms with Crippen LogP contribution >= 0.6 is 0 Å². The first-order valence-corrected chi connectivity index (χ1v) is 11.2. The van der Waals surface area contributed by atoms with Crippen LogP contribution in [0.4, 0.5) is 0 Å². The zero-order valence-electron chi connectivity index (χ0n) is 19.5. The maximum absolute atomic E-state index is 12.9. The van der Waals surface area contributed by atoms with Crippen LogP contribution in [-0.4, -0.2) is 68.2 Å². The second-order valence-electron chi connectivity index (χ2n) is 9.04. The number of nitrogens with zero attached hydrogens (tertiary/aromatic N) is 2. The van der Waals surface area contributed by atoms with E-state index in [2.05, 4.69) is 24.8 Å². The highest BCUT2D eigenvalue weighted by Crippen LogP contribution is 2.45. The minimum atomic E-state index is -0.436. The molecule has 1 unspecified atom stereocenters. The van der Waals surface area contributed by atoms with Crippen molar-refractivity contribution in [1.82, 2.24) is 9.80 Å². The minimum absolute atomic E-state index is 0.0824. The third-order valence-electron chi connectivity index (χ3n) is 6.88. The van der Waals surface area contributed by atoms with Gasteiger partial charge in [0.25, 0.3) is 0 Å². The Morgan fingerprint density at radius 2 is 1.87 bits per heavy atom. The molecule has 0 aromatic heterocycles. The van der Waals surface area contributed by atoms with E-state index in [0.717, 1.165) is 56.0 Å². The number of para-hydroxylation sites is 1. The standard InChI is InChI=1S/C24H36N2O5/c1-17(2)9-12-26-21(27)15-19(23(28)31-5)24(26)10-13-25(14-11-24)16-18-7-6-8-20(29-3)22(18)30-4/h6-8,17,19H,9-16H2,1-5H3. The number of esters is 1. The number of carbonyl (C=O) groups is 2. The highest BCUT2D eigenvalue weighted by molar-refractivity contribution is 5.89. The van der Waals surface area contributed by atoms with Crippen LogP contribution < -0.4 is 9.47 Å². The molecule has 2 saturated heterocycles. The van der Waals surface area contributed by atoms with Crippen LogP contribution in [-0.2, 0) is 20.9 Å². The highest BCUT2D eigenvalue weighted by Gasteiger charge is 2.56. The molecule has 0 aliphatic carbocycles.